The molecule has 5 nitrogen and oxygen atoms in total. The first-order valence-corrected chi connectivity index (χ1v) is 10.7. The molecule has 1 aromatic carbocycles. The summed E-state index contributed by atoms with van der Waals surface area (Å²) in [6, 6.07) is 7.72. The number of carbonyl (C=O) groups is 1. The van der Waals surface area contributed by atoms with Crippen molar-refractivity contribution in [3.05, 3.63) is 40.0 Å². The monoisotopic (exact) mass is 443 g/mol. The summed E-state index contributed by atoms with van der Waals surface area (Å²) in [4.78, 5) is 16.8. The summed E-state index contributed by atoms with van der Waals surface area (Å²) in [5.74, 6) is 1.65. The van der Waals surface area contributed by atoms with Crippen molar-refractivity contribution in [1.82, 2.24) is 5.32 Å². The Labute approximate surface area is 175 Å². The molecule has 0 aromatic heterocycles. The average molecular weight is 444 g/mol. The SMILES string of the molecule is CC(C)C1C=NC(C(=O)NC2CCC(Oc3ccc(C#N)c(Br)c3)CC2)=CC1. The maximum atomic E-state index is 12.5. The third kappa shape index (κ3) is 5.23. The Bertz CT molecular complexity index is 818. The second-order valence-electron chi connectivity index (χ2n) is 7.83. The Balaban J connectivity index is 1.45. The molecule has 1 saturated carbocycles. The average Bonchev–Trinajstić information content (AvgIpc) is 2.69. The molecule has 1 atom stereocenters. The summed E-state index contributed by atoms with van der Waals surface area (Å²) < 4.78 is 6.80. The van der Waals surface area contributed by atoms with E-state index in [1.165, 1.54) is 0 Å². The number of carbonyl (C=O) groups excluding carboxylic acids is 1. The Morgan fingerprint density at radius 2 is 2.07 bits per heavy atom. The summed E-state index contributed by atoms with van der Waals surface area (Å²) in [6.45, 7) is 4.35. The van der Waals surface area contributed by atoms with Gasteiger partial charge in [0.2, 0.25) is 0 Å². The van der Waals surface area contributed by atoms with Crippen LogP contribution in [0.15, 0.2) is 39.4 Å². The third-order valence-electron chi connectivity index (χ3n) is 5.45. The Morgan fingerprint density at radius 3 is 2.64 bits per heavy atom. The van der Waals surface area contributed by atoms with Gasteiger partial charge >= 0.3 is 0 Å². The molecule has 1 aliphatic heterocycles. The molecule has 1 N–H and O–H groups in total. The molecule has 1 heterocycles. The molecule has 3 rings (SSSR count). The maximum absolute atomic E-state index is 12.5. The first-order valence-electron chi connectivity index (χ1n) is 9.87. The van der Waals surface area contributed by atoms with Gasteiger partial charge in [-0.3, -0.25) is 9.79 Å². The van der Waals surface area contributed by atoms with Gasteiger partial charge in [0.25, 0.3) is 5.91 Å². The minimum atomic E-state index is -0.0705. The van der Waals surface area contributed by atoms with Crippen molar-refractivity contribution < 1.29 is 9.53 Å². The second kappa shape index (κ2) is 9.38. The van der Waals surface area contributed by atoms with Crippen LogP contribution in [0.2, 0.25) is 0 Å². The smallest absolute Gasteiger partial charge is 0.269 e. The minimum Gasteiger partial charge on any atom is -0.490 e. The number of nitriles is 1. The molecule has 1 aliphatic carbocycles. The Hall–Kier alpha value is -2.13. The first kappa shape index (κ1) is 20.6. The molecule has 1 aromatic rings. The molecule has 0 saturated heterocycles. The van der Waals surface area contributed by atoms with Crippen molar-refractivity contribution in [1.29, 1.82) is 5.26 Å². The Kier molecular flexibility index (Phi) is 6.90. The fraction of sp³-hybridized carbons (Fsp3) is 0.500. The summed E-state index contributed by atoms with van der Waals surface area (Å²) in [5, 5.41) is 12.1. The molecular weight excluding hydrogens is 418 g/mol. The third-order valence-corrected chi connectivity index (χ3v) is 6.11. The van der Waals surface area contributed by atoms with Gasteiger partial charge < -0.3 is 10.1 Å². The lowest BCUT2D eigenvalue weighted by atomic mass is 9.91. The molecule has 6 heteroatoms. The lowest BCUT2D eigenvalue weighted by Crippen LogP contribution is -2.40. The fourth-order valence-corrected chi connectivity index (χ4v) is 4.02. The molecule has 2 aliphatic rings. The van der Waals surface area contributed by atoms with Crippen LogP contribution in [0.3, 0.4) is 0 Å². The highest BCUT2D eigenvalue weighted by Crippen LogP contribution is 2.28. The lowest BCUT2D eigenvalue weighted by Gasteiger charge is -2.30. The van der Waals surface area contributed by atoms with E-state index in [0.29, 0.717) is 23.1 Å². The predicted octanol–water partition coefficient (Wildman–Crippen LogP) is 4.76. The quantitative estimate of drug-likeness (QED) is 0.712. The van der Waals surface area contributed by atoms with E-state index < -0.39 is 0 Å². The van der Waals surface area contributed by atoms with Gasteiger partial charge in [-0.1, -0.05) is 19.9 Å². The predicted molar refractivity (Wildman–Crippen MR) is 113 cm³/mol. The summed E-state index contributed by atoms with van der Waals surface area (Å²) >= 11 is 3.39. The number of amides is 1. The molecule has 0 spiro atoms. The second-order valence-corrected chi connectivity index (χ2v) is 8.68. The van der Waals surface area contributed by atoms with E-state index in [0.717, 1.165) is 42.3 Å². The molecule has 0 bridgehead atoms. The number of ether oxygens (including phenoxy) is 1. The van der Waals surface area contributed by atoms with E-state index in [2.05, 4.69) is 46.2 Å². The van der Waals surface area contributed by atoms with Crippen molar-refractivity contribution in [2.75, 3.05) is 0 Å². The van der Waals surface area contributed by atoms with E-state index in [1.54, 1.807) is 6.07 Å². The highest BCUT2D eigenvalue weighted by molar-refractivity contribution is 9.10. The van der Waals surface area contributed by atoms with Gasteiger partial charge in [-0.05, 0) is 72.2 Å². The van der Waals surface area contributed by atoms with Crippen molar-refractivity contribution in [2.45, 2.75) is 58.1 Å². The van der Waals surface area contributed by atoms with Crippen molar-refractivity contribution in [3.8, 4) is 11.8 Å². The number of nitrogens with zero attached hydrogens (tertiary/aromatic N) is 2. The van der Waals surface area contributed by atoms with Crippen LogP contribution in [0.5, 0.6) is 5.75 Å². The summed E-state index contributed by atoms with van der Waals surface area (Å²) in [5.41, 5.74) is 1.14. The maximum Gasteiger partial charge on any atom is 0.269 e. The van der Waals surface area contributed by atoms with Crippen LogP contribution >= 0.6 is 15.9 Å². The van der Waals surface area contributed by atoms with Crippen molar-refractivity contribution >= 4 is 28.1 Å². The van der Waals surface area contributed by atoms with Gasteiger partial charge in [0.1, 0.15) is 17.5 Å². The fourth-order valence-electron chi connectivity index (χ4n) is 3.57. The van der Waals surface area contributed by atoms with E-state index >= 15 is 0 Å². The van der Waals surface area contributed by atoms with Gasteiger partial charge in [-0.25, -0.2) is 0 Å². The summed E-state index contributed by atoms with van der Waals surface area (Å²) in [6.07, 6.45) is 8.44. The molecule has 28 heavy (non-hydrogen) atoms. The molecule has 0 radical (unpaired) electrons. The molecular formula is C22H26BrN3O2. The molecule has 1 amide bonds. The number of halogens is 1. The zero-order valence-electron chi connectivity index (χ0n) is 16.3. The zero-order valence-corrected chi connectivity index (χ0v) is 17.9. The van der Waals surface area contributed by atoms with Crippen LogP contribution < -0.4 is 10.1 Å². The number of rotatable bonds is 5. The van der Waals surface area contributed by atoms with Gasteiger partial charge in [0.05, 0.1) is 11.7 Å². The number of aliphatic imine (C=N–C) groups is 1. The number of nitrogens with one attached hydrogen (secondary N) is 1. The van der Waals surface area contributed by atoms with Crippen LogP contribution in [0.25, 0.3) is 0 Å². The number of benzene rings is 1. The number of hydrogen-bond donors (Lipinski definition) is 1. The molecule has 148 valence electrons. The lowest BCUT2D eigenvalue weighted by molar-refractivity contribution is -0.118. The van der Waals surface area contributed by atoms with Crippen molar-refractivity contribution in [2.24, 2.45) is 16.8 Å². The van der Waals surface area contributed by atoms with E-state index in [-0.39, 0.29) is 18.1 Å². The van der Waals surface area contributed by atoms with E-state index in [1.807, 2.05) is 24.4 Å². The highest BCUT2D eigenvalue weighted by Gasteiger charge is 2.25. The van der Waals surface area contributed by atoms with Crippen molar-refractivity contribution in [3.63, 3.8) is 0 Å². The van der Waals surface area contributed by atoms with Crippen LogP contribution in [0, 0.1) is 23.2 Å². The largest absolute Gasteiger partial charge is 0.490 e. The van der Waals surface area contributed by atoms with Crippen LogP contribution in [0.4, 0.5) is 0 Å². The van der Waals surface area contributed by atoms with E-state index in [4.69, 9.17) is 10.00 Å². The zero-order chi connectivity index (χ0) is 20.1. The van der Waals surface area contributed by atoms with E-state index in [9.17, 15) is 4.79 Å². The highest BCUT2D eigenvalue weighted by atomic mass is 79.9. The molecule has 1 unspecified atom stereocenters. The van der Waals surface area contributed by atoms with Crippen LogP contribution in [-0.2, 0) is 4.79 Å². The molecule has 1 fully saturated rings. The number of hydrogen-bond acceptors (Lipinski definition) is 4. The topological polar surface area (TPSA) is 74.5 Å². The van der Waals surface area contributed by atoms with Crippen LogP contribution in [-0.4, -0.2) is 24.3 Å². The van der Waals surface area contributed by atoms with Gasteiger partial charge in [0.15, 0.2) is 0 Å². The van der Waals surface area contributed by atoms with Gasteiger partial charge in [-0.2, -0.15) is 5.26 Å². The Morgan fingerprint density at radius 1 is 1.32 bits per heavy atom. The normalized spacial score (nSPS) is 24.4. The first-order chi connectivity index (χ1) is 13.5. The van der Waals surface area contributed by atoms with Crippen LogP contribution in [0.1, 0.15) is 51.5 Å². The summed E-state index contributed by atoms with van der Waals surface area (Å²) in [7, 11) is 0. The standard InChI is InChI=1S/C22H26BrN3O2/c1-14(2)16-4-10-21(25-13-16)22(27)26-17-5-8-18(9-6-17)28-19-7-3-15(12-24)20(23)11-19/h3,7,10-11,13-14,16-18H,4-6,8-9H2,1-2H3,(H,26,27). The van der Waals surface area contributed by atoms with Gasteiger partial charge in [-0.15, -0.1) is 0 Å². The number of allylic oxidation sites excluding steroid dienone is 1. The minimum absolute atomic E-state index is 0.0705. The van der Waals surface area contributed by atoms with Gasteiger partial charge in [0, 0.05) is 22.6 Å².